The van der Waals surface area contributed by atoms with Gasteiger partial charge in [-0.15, -0.1) is 0 Å². The normalized spacial score (nSPS) is 10.4. The number of hydrogen-bond donors (Lipinski definition) is 1. The van der Waals surface area contributed by atoms with Gasteiger partial charge in [0, 0.05) is 26.5 Å². The van der Waals surface area contributed by atoms with Crippen LogP contribution in [0.2, 0.25) is 0 Å². The fourth-order valence-electron chi connectivity index (χ4n) is 1.61. The minimum absolute atomic E-state index is 0.908. The zero-order chi connectivity index (χ0) is 11.4. The van der Waals surface area contributed by atoms with E-state index in [4.69, 9.17) is 0 Å². The van der Waals surface area contributed by atoms with E-state index >= 15 is 0 Å². The van der Waals surface area contributed by atoms with E-state index in [1.54, 1.807) is 0 Å². The first-order valence-corrected chi connectivity index (χ1v) is 5.38. The molecular weight excluding hydrogens is 200 g/mol. The van der Waals surface area contributed by atoms with Crippen molar-refractivity contribution in [3.63, 3.8) is 0 Å². The molecule has 2 rings (SSSR count). The van der Waals surface area contributed by atoms with Gasteiger partial charge >= 0.3 is 0 Å². The van der Waals surface area contributed by atoms with Crippen LogP contribution in [-0.2, 0) is 19.9 Å². The van der Waals surface area contributed by atoms with Crippen LogP contribution >= 0.6 is 0 Å². The number of aryl methyl sites for hydroxylation is 3. The van der Waals surface area contributed by atoms with Crippen LogP contribution in [0.1, 0.15) is 11.1 Å². The van der Waals surface area contributed by atoms with Gasteiger partial charge in [-0.2, -0.15) is 5.10 Å². The summed E-state index contributed by atoms with van der Waals surface area (Å²) in [4.78, 5) is 4.28. The Hall–Kier alpha value is -1.84. The van der Waals surface area contributed by atoms with E-state index < -0.39 is 0 Å². The van der Waals surface area contributed by atoms with Crippen LogP contribution in [0.15, 0.2) is 30.7 Å². The molecule has 0 unspecified atom stereocenters. The lowest BCUT2D eigenvalue weighted by atomic mass is 10.1. The quantitative estimate of drug-likeness (QED) is 0.845. The Morgan fingerprint density at radius 2 is 2.00 bits per heavy atom. The average Bonchev–Trinajstić information content (AvgIpc) is 2.73. The zero-order valence-corrected chi connectivity index (χ0v) is 9.64. The van der Waals surface area contributed by atoms with E-state index in [0.29, 0.717) is 0 Å². The molecule has 0 amide bonds. The molecule has 2 aromatic heterocycles. The lowest BCUT2D eigenvalue weighted by Crippen LogP contribution is -1.95. The van der Waals surface area contributed by atoms with E-state index in [9.17, 15) is 0 Å². The molecule has 16 heavy (non-hydrogen) atoms. The molecule has 0 atom stereocenters. The van der Waals surface area contributed by atoms with Gasteiger partial charge in [-0.05, 0) is 30.0 Å². The Kier molecular flexibility index (Phi) is 3.19. The number of pyridine rings is 1. The Bertz CT molecular complexity index is 444. The second-order valence-corrected chi connectivity index (χ2v) is 3.82. The summed E-state index contributed by atoms with van der Waals surface area (Å²) in [6.07, 6.45) is 7.89. The Morgan fingerprint density at radius 3 is 2.56 bits per heavy atom. The third-order valence-corrected chi connectivity index (χ3v) is 2.54. The molecule has 84 valence electrons. The van der Waals surface area contributed by atoms with E-state index in [2.05, 4.69) is 27.7 Å². The molecule has 0 aliphatic carbocycles. The lowest BCUT2D eigenvalue weighted by molar-refractivity contribution is 0.766. The Labute approximate surface area is 95.3 Å². The molecule has 2 aromatic rings. The predicted octanol–water partition coefficient (Wildman–Crippen LogP) is 1.64. The second kappa shape index (κ2) is 4.79. The highest BCUT2D eigenvalue weighted by molar-refractivity contribution is 5.34. The maximum absolute atomic E-state index is 4.28. The lowest BCUT2D eigenvalue weighted by Gasteiger charge is -2.01. The first kappa shape index (κ1) is 10.7. The summed E-state index contributed by atoms with van der Waals surface area (Å²) < 4.78 is 1.83. The van der Waals surface area contributed by atoms with Crippen LogP contribution in [0.4, 0.5) is 5.82 Å². The maximum atomic E-state index is 4.28. The van der Waals surface area contributed by atoms with Crippen molar-refractivity contribution in [1.29, 1.82) is 0 Å². The molecule has 4 heteroatoms. The molecule has 0 saturated carbocycles. The van der Waals surface area contributed by atoms with Gasteiger partial charge in [0.25, 0.3) is 0 Å². The van der Waals surface area contributed by atoms with Crippen LogP contribution in [0, 0.1) is 0 Å². The minimum atomic E-state index is 0.908. The highest BCUT2D eigenvalue weighted by Gasteiger charge is 1.98. The summed E-state index contributed by atoms with van der Waals surface area (Å²) in [5, 5.41) is 7.15. The fourth-order valence-corrected chi connectivity index (χ4v) is 1.61. The minimum Gasteiger partial charge on any atom is -0.373 e. The van der Waals surface area contributed by atoms with E-state index in [0.717, 1.165) is 18.7 Å². The summed E-state index contributed by atoms with van der Waals surface area (Å²) in [7, 11) is 3.81. The van der Waals surface area contributed by atoms with E-state index in [1.807, 2.05) is 37.2 Å². The maximum Gasteiger partial charge on any atom is 0.125 e. The molecule has 2 heterocycles. The van der Waals surface area contributed by atoms with E-state index in [1.165, 1.54) is 11.1 Å². The number of hydrogen-bond acceptors (Lipinski definition) is 3. The molecule has 0 saturated heterocycles. The summed E-state index contributed by atoms with van der Waals surface area (Å²) in [6.45, 7) is 0. The highest BCUT2D eigenvalue weighted by atomic mass is 15.2. The van der Waals surface area contributed by atoms with Crippen molar-refractivity contribution < 1.29 is 0 Å². The van der Waals surface area contributed by atoms with Gasteiger partial charge in [0.15, 0.2) is 0 Å². The molecule has 0 spiro atoms. The molecule has 4 nitrogen and oxygen atoms in total. The number of anilines is 1. The van der Waals surface area contributed by atoms with Crippen molar-refractivity contribution in [1.82, 2.24) is 14.8 Å². The average molecular weight is 216 g/mol. The standard InChI is InChI=1S/C12H16N4/c1-13-12-6-5-10(7-14-12)3-4-11-8-15-16(2)9-11/h5-9H,3-4H2,1-2H3,(H,13,14). The van der Waals surface area contributed by atoms with Crippen molar-refractivity contribution in [2.75, 3.05) is 12.4 Å². The van der Waals surface area contributed by atoms with Gasteiger partial charge in [-0.25, -0.2) is 4.98 Å². The van der Waals surface area contributed by atoms with Gasteiger partial charge in [-0.1, -0.05) is 6.07 Å². The number of aromatic nitrogens is 3. The number of nitrogens with zero attached hydrogens (tertiary/aromatic N) is 3. The molecule has 0 aliphatic rings. The molecule has 0 bridgehead atoms. The summed E-state index contributed by atoms with van der Waals surface area (Å²) >= 11 is 0. The van der Waals surface area contributed by atoms with Gasteiger partial charge in [-0.3, -0.25) is 4.68 Å². The smallest absolute Gasteiger partial charge is 0.125 e. The monoisotopic (exact) mass is 216 g/mol. The molecule has 0 aromatic carbocycles. The number of rotatable bonds is 4. The Balaban J connectivity index is 1.94. The van der Waals surface area contributed by atoms with Crippen LogP contribution in [0.3, 0.4) is 0 Å². The van der Waals surface area contributed by atoms with Crippen molar-refractivity contribution in [2.24, 2.45) is 7.05 Å². The summed E-state index contributed by atoms with van der Waals surface area (Å²) in [5.74, 6) is 0.908. The van der Waals surface area contributed by atoms with Gasteiger partial charge < -0.3 is 5.32 Å². The molecular formula is C12H16N4. The van der Waals surface area contributed by atoms with Crippen LogP contribution in [0.25, 0.3) is 0 Å². The van der Waals surface area contributed by atoms with Gasteiger partial charge in [0.1, 0.15) is 5.82 Å². The number of nitrogens with one attached hydrogen (secondary N) is 1. The summed E-state index contributed by atoms with van der Waals surface area (Å²) in [5.41, 5.74) is 2.52. The third kappa shape index (κ3) is 2.59. The van der Waals surface area contributed by atoms with E-state index in [-0.39, 0.29) is 0 Å². The molecule has 0 radical (unpaired) electrons. The summed E-state index contributed by atoms with van der Waals surface area (Å²) in [6, 6.07) is 4.10. The molecule has 1 N–H and O–H groups in total. The zero-order valence-electron chi connectivity index (χ0n) is 9.64. The van der Waals surface area contributed by atoms with Crippen molar-refractivity contribution >= 4 is 5.82 Å². The van der Waals surface area contributed by atoms with Crippen LogP contribution < -0.4 is 5.32 Å². The first-order valence-electron chi connectivity index (χ1n) is 5.38. The third-order valence-electron chi connectivity index (χ3n) is 2.54. The largest absolute Gasteiger partial charge is 0.373 e. The van der Waals surface area contributed by atoms with Crippen molar-refractivity contribution in [3.05, 3.63) is 41.9 Å². The SMILES string of the molecule is CNc1ccc(CCc2cnn(C)c2)cn1. The van der Waals surface area contributed by atoms with Crippen molar-refractivity contribution in [3.8, 4) is 0 Å². The topological polar surface area (TPSA) is 42.7 Å². The van der Waals surface area contributed by atoms with Crippen molar-refractivity contribution in [2.45, 2.75) is 12.8 Å². The first-order chi connectivity index (χ1) is 7.78. The Morgan fingerprint density at radius 1 is 1.19 bits per heavy atom. The molecule has 0 aliphatic heterocycles. The van der Waals surface area contributed by atoms with Gasteiger partial charge in [0.2, 0.25) is 0 Å². The molecule has 0 fully saturated rings. The van der Waals surface area contributed by atoms with Gasteiger partial charge in [0.05, 0.1) is 6.20 Å². The fraction of sp³-hybridized carbons (Fsp3) is 0.333. The highest BCUT2D eigenvalue weighted by Crippen LogP contribution is 2.08. The second-order valence-electron chi connectivity index (χ2n) is 3.82. The van der Waals surface area contributed by atoms with Crippen LogP contribution in [0.5, 0.6) is 0 Å². The predicted molar refractivity (Wildman–Crippen MR) is 64.4 cm³/mol. The van der Waals surface area contributed by atoms with Crippen LogP contribution in [-0.4, -0.2) is 21.8 Å².